The van der Waals surface area contributed by atoms with Gasteiger partial charge in [0.05, 0.1) is 18.3 Å². The maximum atomic E-state index is 9.98. The van der Waals surface area contributed by atoms with Gasteiger partial charge in [0.15, 0.2) is 0 Å². The summed E-state index contributed by atoms with van der Waals surface area (Å²) in [5.41, 5.74) is -0.164. The number of hydrogen-bond donors (Lipinski definition) is 1. The fourth-order valence-electron chi connectivity index (χ4n) is 2.40. The van der Waals surface area contributed by atoms with Gasteiger partial charge in [0.1, 0.15) is 0 Å². The Bertz CT molecular complexity index is 225. The largest absolute Gasteiger partial charge is 0.389 e. The van der Waals surface area contributed by atoms with Crippen LogP contribution in [0.1, 0.15) is 47.5 Å². The molecule has 0 bridgehead atoms. The van der Waals surface area contributed by atoms with Crippen molar-refractivity contribution in [2.75, 3.05) is 19.7 Å². The van der Waals surface area contributed by atoms with Crippen LogP contribution in [0.3, 0.4) is 0 Å². The van der Waals surface area contributed by atoms with E-state index in [0.717, 1.165) is 19.0 Å². The minimum Gasteiger partial charge on any atom is -0.389 e. The van der Waals surface area contributed by atoms with Crippen molar-refractivity contribution in [2.45, 2.75) is 65.2 Å². The molecular formula is C14H29NO2. The monoisotopic (exact) mass is 243 g/mol. The third kappa shape index (κ3) is 5.84. The zero-order valence-electron chi connectivity index (χ0n) is 12.1. The smallest absolute Gasteiger partial charge is 0.0900 e. The van der Waals surface area contributed by atoms with Gasteiger partial charge in [0, 0.05) is 12.6 Å². The van der Waals surface area contributed by atoms with Crippen LogP contribution in [0.15, 0.2) is 0 Å². The molecule has 0 aromatic heterocycles. The van der Waals surface area contributed by atoms with Crippen LogP contribution in [0.4, 0.5) is 0 Å². The quantitative estimate of drug-likeness (QED) is 0.822. The molecule has 0 spiro atoms. The molecule has 0 aromatic carbocycles. The lowest BCUT2D eigenvalue weighted by atomic mass is 9.93. The summed E-state index contributed by atoms with van der Waals surface area (Å²) in [4.78, 5) is 2.39. The van der Waals surface area contributed by atoms with Gasteiger partial charge in [-0.1, -0.05) is 6.92 Å². The molecule has 1 aliphatic rings. The topological polar surface area (TPSA) is 32.7 Å². The summed E-state index contributed by atoms with van der Waals surface area (Å²) in [6.45, 7) is 12.9. The van der Waals surface area contributed by atoms with E-state index >= 15 is 0 Å². The third-order valence-electron chi connectivity index (χ3n) is 3.43. The van der Waals surface area contributed by atoms with Crippen molar-refractivity contribution >= 4 is 0 Å². The van der Waals surface area contributed by atoms with E-state index in [4.69, 9.17) is 4.74 Å². The van der Waals surface area contributed by atoms with Crippen molar-refractivity contribution in [1.82, 2.24) is 4.90 Å². The Morgan fingerprint density at radius 2 is 2.00 bits per heavy atom. The Morgan fingerprint density at radius 1 is 1.35 bits per heavy atom. The first-order valence-corrected chi connectivity index (χ1v) is 6.84. The van der Waals surface area contributed by atoms with E-state index in [0.29, 0.717) is 12.6 Å². The second-order valence-corrected chi connectivity index (χ2v) is 6.55. The van der Waals surface area contributed by atoms with Gasteiger partial charge in [-0.25, -0.2) is 0 Å². The van der Waals surface area contributed by atoms with Gasteiger partial charge >= 0.3 is 0 Å². The molecule has 1 saturated heterocycles. The van der Waals surface area contributed by atoms with Crippen LogP contribution in [0.25, 0.3) is 0 Å². The van der Waals surface area contributed by atoms with E-state index in [1.807, 2.05) is 20.8 Å². The highest BCUT2D eigenvalue weighted by Crippen LogP contribution is 2.22. The van der Waals surface area contributed by atoms with Gasteiger partial charge in [0.2, 0.25) is 0 Å². The molecule has 3 unspecified atom stereocenters. The molecule has 1 N–H and O–H groups in total. The average Bonchev–Trinajstić information content (AvgIpc) is 2.18. The number of rotatable bonds is 4. The Balaban J connectivity index is 2.28. The zero-order chi connectivity index (χ0) is 13.1. The van der Waals surface area contributed by atoms with Gasteiger partial charge in [-0.15, -0.1) is 0 Å². The van der Waals surface area contributed by atoms with Crippen LogP contribution < -0.4 is 0 Å². The predicted molar refractivity (Wildman–Crippen MR) is 71.1 cm³/mol. The van der Waals surface area contributed by atoms with Crippen molar-refractivity contribution in [3.8, 4) is 0 Å². The summed E-state index contributed by atoms with van der Waals surface area (Å²) >= 11 is 0. The highest BCUT2D eigenvalue weighted by Gasteiger charge is 2.25. The zero-order valence-corrected chi connectivity index (χ0v) is 12.1. The molecule has 3 atom stereocenters. The van der Waals surface area contributed by atoms with Gasteiger partial charge in [-0.2, -0.15) is 0 Å². The van der Waals surface area contributed by atoms with Gasteiger partial charge in [0.25, 0.3) is 0 Å². The Hall–Kier alpha value is -0.120. The number of nitrogens with zero attached hydrogens (tertiary/aromatic N) is 1. The Morgan fingerprint density at radius 3 is 2.53 bits per heavy atom. The molecule has 0 saturated carbocycles. The lowest BCUT2D eigenvalue weighted by Crippen LogP contribution is -2.45. The van der Waals surface area contributed by atoms with Crippen LogP contribution in [0.2, 0.25) is 0 Å². The first kappa shape index (κ1) is 14.9. The summed E-state index contributed by atoms with van der Waals surface area (Å²) in [7, 11) is 0. The van der Waals surface area contributed by atoms with Crippen molar-refractivity contribution in [3.05, 3.63) is 0 Å². The molecule has 102 valence electrons. The molecule has 0 amide bonds. The first-order chi connectivity index (χ1) is 7.78. The van der Waals surface area contributed by atoms with Crippen molar-refractivity contribution in [2.24, 2.45) is 5.92 Å². The molecule has 0 aliphatic carbocycles. The molecular weight excluding hydrogens is 214 g/mol. The molecule has 1 rings (SSSR count). The van der Waals surface area contributed by atoms with E-state index in [1.54, 1.807) is 0 Å². The van der Waals surface area contributed by atoms with E-state index in [-0.39, 0.29) is 11.7 Å². The van der Waals surface area contributed by atoms with Crippen molar-refractivity contribution in [3.63, 3.8) is 0 Å². The third-order valence-corrected chi connectivity index (χ3v) is 3.43. The summed E-state index contributed by atoms with van der Waals surface area (Å²) in [6, 6.07) is 0.586. The Kier molecular flexibility index (Phi) is 5.42. The second-order valence-electron chi connectivity index (χ2n) is 6.55. The van der Waals surface area contributed by atoms with Crippen LogP contribution in [-0.2, 0) is 4.74 Å². The molecule has 1 fully saturated rings. The van der Waals surface area contributed by atoms with Crippen LogP contribution in [0, 0.1) is 5.92 Å². The highest BCUT2D eigenvalue weighted by molar-refractivity contribution is 4.78. The van der Waals surface area contributed by atoms with E-state index in [9.17, 15) is 5.11 Å². The normalized spacial score (nSPS) is 29.3. The lowest BCUT2D eigenvalue weighted by Gasteiger charge is -2.37. The fourth-order valence-corrected chi connectivity index (χ4v) is 2.40. The molecule has 17 heavy (non-hydrogen) atoms. The number of piperidine rings is 1. The molecule has 0 aromatic rings. The predicted octanol–water partition coefficient (Wildman–Crippen LogP) is 2.28. The van der Waals surface area contributed by atoms with E-state index in [2.05, 4.69) is 18.7 Å². The molecule has 1 heterocycles. The second kappa shape index (κ2) is 6.17. The van der Waals surface area contributed by atoms with Gasteiger partial charge in [-0.05, 0) is 53.0 Å². The number of ether oxygens (including phenoxy) is 1. The highest BCUT2D eigenvalue weighted by atomic mass is 16.5. The number of hydrogen-bond acceptors (Lipinski definition) is 3. The van der Waals surface area contributed by atoms with Gasteiger partial charge < -0.3 is 9.84 Å². The maximum Gasteiger partial charge on any atom is 0.0900 e. The Labute approximate surface area is 106 Å². The standard InChI is InChI=1S/C14H29NO2/c1-11-6-7-15(12(2)8-11)9-13(16)10-17-14(3,4)5/h11-13,16H,6-10H2,1-5H3. The van der Waals surface area contributed by atoms with E-state index < -0.39 is 0 Å². The maximum absolute atomic E-state index is 9.98. The van der Waals surface area contributed by atoms with Crippen LogP contribution in [-0.4, -0.2) is 47.4 Å². The first-order valence-electron chi connectivity index (χ1n) is 6.84. The van der Waals surface area contributed by atoms with Crippen molar-refractivity contribution in [1.29, 1.82) is 0 Å². The number of likely N-dealkylation sites (tertiary alicyclic amines) is 1. The van der Waals surface area contributed by atoms with E-state index in [1.165, 1.54) is 12.8 Å². The van der Waals surface area contributed by atoms with Gasteiger partial charge in [-0.3, -0.25) is 4.90 Å². The number of β-amino-alcohol motifs (C(OH)–C–C–N with tert-alkyl or cyclic N) is 1. The van der Waals surface area contributed by atoms with Crippen molar-refractivity contribution < 1.29 is 9.84 Å². The average molecular weight is 243 g/mol. The fraction of sp³-hybridized carbons (Fsp3) is 1.00. The summed E-state index contributed by atoms with van der Waals surface area (Å²) < 4.78 is 5.61. The molecule has 3 heteroatoms. The minimum atomic E-state index is -0.370. The van der Waals surface area contributed by atoms with Crippen LogP contribution >= 0.6 is 0 Å². The summed E-state index contributed by atoms with van der Waals surface area (Å²) in [5.74, 6) is 0.823. The summed E-state index contributed by atoms with van der Waals surface area (Å²) in [6.07, 6.45) is 2.12. The number of aliphatic hydroxyl groups is 1. The van der Waals surface area contributed by atoms with Crippen LogP contribution in [0.5, 0.6) is 0 Å². The lowest BCUT2D eigenvalue weighted by molar-refractivity contribution is -0.0612. The summed E-state index contributed by atoms with van der Waals surface area (Å²) in [5, 5.41) is 9.98. The molecule has 0 radical (unpaired) electrons. The molecule has 1 aliphatic heterocycles. The number of aliphatic hydroxyl groups excluding tert-OH is 1. The molecule has 3 nitrogen and oxygen atoms in total. The SMILES string of the molecule is CC1CCN(CC(O)COC(C)(C)C)C(C)C1. The minimum absolute atomic E-state index is 0.164.